The second kappa shape index (κ2) is 7.93. The van der Waals surface area contributed by atoms with Crippen LogP contribution < -0.4 is 4.72 Å². The molecule has 0 fully saturated rings. The summed E-state index contributed by atoms with van der Waals surface area (Å²) in [6.45, 7) is 3.31. The van der Waals surface area contributed by atoms with Crippen LogP contribution in [0.3, 0.4) is 0 Å². The van der Waals surface area contributed by atoms with Crippen molar-refractivity contribution in [1.29, 1.82) is 0 Å². The smallest absolute Gasteiger partial charge is 0.269 e. The Labute approximate surface area is 118 Å². The van der Waals surface area contributed by atoms with E-state index in [1.165, 1.54) is 24.3 Å². The van der Waals surface area contributed by atoms with Gasteiger partial charge in [0.15, 0.2) is 0 Å². The Morgan fingerprint density at radius 2 is 1.95 bits per heavy atom. The van der Waals surface area contributed by atoms with E-state index in [0.29, 0.717) is 31.7 Å². The van der Waals surface area contributed by atoms with E-state index in [2.05, 4.69) is 4.72 Å². The van der Waals surface area contributed by atoms with Gasteiger partial charge in [0.05, 0.1) is 10.7 Å². The van der Waals surface area contributed by atoms with Crippen LogP contribution in [0.2, 0.25) is 0 Å². The molecule has 0 aliphatic carbocycles. The van der Waals surface area contributed by atoms with Gasteiger partial charge in [-0.05, 0) is 18.9 Å². The molecule has 0 saturated carbocycles. The lowest BCUT2D eigenvalue weighted by Gasteiger charge is -2.06. The van der Waals surface area contributed by atoms with Gasteiger partial charge in [-0.15, -0.1) is 0 Å². The van der Waals surface area contributed by atoms with E-state index in [1.807, 2.05) is 6.92 Å². The number of hydrogen-bond donors (Lipinski definition) is 1. The number of ether oxygens (including phenoxy) is 1. The van der Waals surface area contributed by atoms with Crippen LogP contribution in [0, 0.1) is 10.1 Å². The van der Waals surface area contributed by atoms with Crippen molar-refractivity contribution < 1.29 is 18.1 Å². The van der Waals surface area contributed by atoms with Crippen molar-refractivity contribution in [3.05, 3.63) is 39.9 Å². The fourth-order valence-corrected chi connectivity index (χ4v) is 2.72. The van der Waals surface area contributed by atoms with Crippen LogP contribution >= 0.6 is 0 Å². The zero-order valence-electron chi connectivity index (χ0n) is 11.2. The van der Waals surface area contributed by atoms with Crippen molar-refractivity contribution in [1.82, 2.24) is 4.72 Å². The molecular weight excluding hydrogens is 284 g/mol. The summed E-state index contributed by atoms with van der Waals surface area (Å²) in [6, 6.07) is 5.47. The van der Waals surface area contributed by atoms with Crippen LogP contribution in [0.1, 0.15) is 18.9 Å². The third-order valence-corrected chi connectivity index (χ3v) is 3.85. The molecule has 1 aromatic carbocycles. The molecule has 0 amide bonds. The summed E-state index contributed by atoms with van der Waals surface area (Å²) in [5.74, 6) is -0.195. The maximum absolute atomic E-state index is 11.8. The van der Waals surface area contributed by atoms with Crippen LogP contribution in [0.4, 0.5) is 5.69 Å². The first-order valence-electron chi connectivity index (χ1n) is 6.23. The van der Waals surface area contributed by atoms with Crippen LogP contribution in [0.15, 0.2) is 24.3 Å². The first kappa shape index (κ1) is 16.5. The fraction of sp³-hybridized carbons (Fsp3) is 0.500. The maximum Gasteiger partial charge on any atom is 0.269 e. The summed E-state index contributed by atoms with van der Waals surface area (Å²) >= 11 is 0. The molecule has 112 valence electrons. The van der Waals surface area contributed by atoms with Crippen molar-refractivity contribution in [2.45, 2.75) is 19.1 Å². The van der Waals surface area contributed by atoms with Gasteiger partial charge in [-0.25, -0.2) is 13.1 Å². The number of nitrogens with zero attached hydrogens (tertiary/aromatic N) is 1. The van der Waals surface area contributed by atoms with E-state index >= 15 is 0 Å². The fourth-order valence-electron chi connectivity index (χ4n) is 1.53. The first-order valence-corrected chi connectivity index (χ1v) is 7.88. The molecule has 0 heterocycles. The van der Waals surface area contributed by atoms with Crippen molar-refractivity contribution >= 4 is 15.7 Å². The number of nitrogens with one attached hydrogen (secondary N) is 1. The van der Waals surface area contributed by atoms with Crippen molar-refractivity contribution in [3.63, 3.8) is 0 Å². The lowest BCUT2D eigenvalue weighted by molar-refractivity contribution is -0.384. The van der Waals surface area contributed by atoms with E-state index < -0.39 is 14.9 Å². The molecule has 0 atom stereocenters. The number of non-ortho nitro benzene ring substituents is 1. The van der Waals surface area contributed by atoms with Crippen LogP contribution in [0.25, 0.3) is 0 Å². The number of nitro benzene ring substituents is 1. The minimum absolute atomic E-state index is 0.0594. The quantitative estimate of drug-likeness (QED) is 0.423. The molecule has 0 bridgehead atoms. The second-order valence-corrected chi connectivity index (χ2v) is 5.93. The Morgan fingerprint density at radius 1 is 1.30 bits per heavy atom. The minimum atomic E-state index is -3.43. The first-order chi connectivity index (χ1) is 9.44. The average Bonchev–Trinajstić information content (AvgIpc) is 2.38. The summed E-state index contributed by atoms with van der Waals surface area (Å²) in [5.41, 5.74) is 0.448. The topological polar surface area (TPSA) is 98.5 Å². The SMILES string of the molecule is CCOCCCNS(=O)(=O)Cc1ccc([N+](=O)[O-])cc1. The van der Waals surface area contributed by atoms with Crippen LogP contribution in [0.5, 0.6) is 0 Å². The number of benzene rings is 1. The van der Waals surface area contributed by atoms with Crippen molar-refractivity contribution in [3.8, 4) is 0 Å². The zero-order chi connectivity index (χ0) is 15.0. The largest absolute Gasteiger partial charge is 0.382 e. The molecule has 1 aromatic rings. The van der Waals surface area contributed by atoms with Gasteiger partial charge in [-0.2, -0.15) is 0 Å². The monoisotopic (exact) mass is 302 g/mol. The van der Waals surface area contributed by atoms with Gasteiger partial charge in [0.25, 0.3) is 5.69 Å². The normalized spacial score (nSPS) is 11.4. The molecule has 8 heteroatoms. The summed E-state index contributed by atoms with van der Waals surface area (Å²) in [4.78, 5) is 9.96. The highest BCUT2D eigenvalue weighted by atomic mass is 32.2. The summed E-state index contributed by atoms with van der Waals surface area (Å²) in [6.07, 6.45) is 0.604. The molecule has 0 radical (unpaired) electrons. The molecule has 0 aliphatic heterocycles. The highest BCUT2D eigenvalue weighted by molar-refractivity contribution is 7.88. The van der Waals surface area contributed by atoms with Crippen LogP contribution in [-0.2, 0) is 20.5 Å². The summed E-state index contributed by atoms with van der Waals surface area (Å²) in [5, 5.41) is 10.5. The Balaban J connectivity index is 2.47. The Morgan fingerprint density at radius 3 is 2.50 bits per heavy atom. The van der Waals surface area contributed by atoms with E-state index in [-0.39, 0.29) is 11.4 Å². The third-order valence-electron chi connectivity index (χ3n) is 2.50. The number of hydrogen-bond acceptors (Lipinski definition) is 5. The van der Waals surface area contributed by atoms with Crippen molar-refractivity contribution in [2.24, 2.45) is 0 Å². The van der Waals surface area contributed by atoms with Gasteiger partial charge >= 0.3 is 0 Å². The highest BCUT2D eigenvalue weighted by Crippen LogP contribution is 2.13. The molecule has 20 heavy (non-hydrogen) atoms. The molecular formula is C12H18N2O5S. The van der Waals surface area contributed by atoms with Gasteiger partial charge in [-0.3, -0.25) is 10.1 Å². The van der Waals surface area contributed by atoms with E-state index in [1.54, 1.807) is 0 Å². The predicted octanol–water partition coefficient (Wildman–Crippen LogP) is 1.44. The molecule has 1 rings (SSSR count). The summed E-state index contributed by atoms with van der Waals surface area (Å²) in [7, 11) is -3.43. The lowest BCUT2D eigenvalue weighted by Crippen LogP contribution is -2.26. The molecule has 0 unspecified atom stereocenters. The van der Waals surface area contributed by atoms with Gasteiger partial charge < -0.3 is 4.74 Å². The molecule has 7 nitrogen and oxygen atoms in total. The number of nitro groups is 1. The average molecular weight is 302 g/mol. The lowest BCUT2D eigenvalue weighted by atomic mass is 10.2. The molecule has 0 aliphatic rings. The van der Waals surface area contributed by atoms with Gasteiger partial charge in [0.1, 0.15) is 0 Å². The number of rotatable bonds is 9. The van der Waals surface area contributed by atoms with Gasteiger partial charge in [-0.1, -0.05) is 12.1 Å². The minimum Gasteiger partial charge on any atom is -0.382 e. The molecule has 0 saturated heterocycles. The second-order valence-electron chi connectivity index (χ2n) is 4.13. The molecule has 0 spiro atoms. The molecule has 0 aromatic heterocycles. The van der Waals surface area contributed by atoms with E-state index in [0.717, 1.165) is 0 Å². The Kier molecular flexibility index (Phi) is 6.56. The number of sulfonamides is 1. The maximum atomic E-state index is 11.8. The third kappa shape index (κ3) is 6.09. The zero-order valence-corrected chi connectivity index (χ0v) is 12.1. The molecule has 1 N–H and O–H groups in total. The Hall–Kier alpha value is -1.51. The predicted molar refractivity (Wildman–Crippen MR) is 74.8 cm³/mol. The summed E-state index contributed by atoms with van der Waals surface area (Å²) < 4.78 is 31.1. The van der Waals surface area contributed by atoms with Crippen molar-refractivity contribution in [2.75, 3.05) is 19.8 Å². The van der Waals surface area contributed by atoms with E-state index in [4.69, 9.17) is 4.74 Å². The Bertz CT molecular complexity index is 527. The van der Waals surface area contributed by atoms with Gasteiger partial charge in [0, 0.05) is 31.9 Å². The van der Waals surface area contributed by atoms with Crippen LogP contribution in [-0.4, -0.2) is 33.1 Å². The standard InChI is InChI=1S/C12H18N2O5S/c1-2-19-9-3-8-13-20(17,18)10-11-4-6-12(7-5-11)14(15)16/h4-7,13H,2-3,8-10H2,1H3. The van der Waals surface area contributed by atoms with Gasteiger partial charge in [0.2, 0.25) is 10.0 Å². The van der Waals surface area contributed by atoms with E-state index in [9.17, 15) is 18.5 Å². The highest BCUT2D eigenvalue weighted by Gasteiger charge is 2.12.